The van der Waals surface area contributed by atoms with Gasteiger partial charge in [-0.05, 0) is 19.3 Å². The number of hydrogen-bond acceptors (Lipinski definition) is 5. The lowest BCUT2D eigenvalue weighted by molar-refractivity contribution is 0.0691. The summed E-state index contributed by atoms with van der Waals surface area (Å²) in [7, 11) is 0. The molecule has 0 aromatic carbocycles. The first-order valence-electron chi connectivity index (χ1n) is 6.59. The van der Waals surface area contributed by atoms with Crippen LogP contribution in [0, 0.1) is 0 Å². The second kappa shape index (κ2) is 5.28. The predicted molar refractivity (Wildman–Crippen MR) is 72.2 cm³/mol. The molecule has 0 aliphatic carbocycles. The van der Waals surface area contributed by atoms with E-state index in [-0.39, 0.29) is 5.69 Å². The fourth-order valence-corrected chi connectivity index (χ4v) is 2.38. The van der Waals surface area contributed by atoms with E-state index in [0.29, 0.717) is 5.82 Å². The van der Waals surface area contributed by atoms with Crippen LogP contribution < -0.4 is 4.90 Å². The van der Waals surface area contributed by atoms with Crippen molar-refractivity contribution in [3.05, 3.63) is 30.6 Å². The summed E-state index contributed by atoms with van der Waals surface area (Å²) >= 11 is 0. The molecule has 7 heteroatoms. The van der Waals surface area contributed by atoms with Crippen molar-refractivity contribution in [2.45, 2.75) is 19.3 Å². The van der Waals surface area contributed by atoms with Gasteiger partial charge in [-0.25, -0.2) is 19.7 Å². The smallest absolute Gasteiger partial charge is 0.356 e. The maximum atomic E-state index is 10.9. The first-order chi connectivity index (χ1) is 9.75. The van der Waals surface area contributed by atoms with E-state index in [1.165, 1.54) is 18.9 Å². The Labute approximate surface area is 115 Å². The molecule has 3 heterocycles. The Morgan fingerprint density at radius 2 is 1.75 bits per heavy atom. The Bertz CT molecular complexity index is 619. The molecule has 104 valence electrons. The van der Waals surface area contributed by atoms with E-state index in [0.717, 1.165) is 31.7 Å². The van der Waals surface area contributed by atoms with Crippen molar-refractivity contribution in [3.8, 4) is 5.82 Å². The minimum Gasteiger partial charge on any atom is -0.476 e. The standard InChI is InChI=1S/C13H15N5O2/c19-13(20)10-8-18(9-16-10)12-11(14-4-5-15-12)17-6-2-1-3-7-17/h4-5,8-9H,1-3,6-7H2,(H,19,20). The van der Waals surface area contributed by atoms with Gasteiger partial charge in [-0.2, -0.15) is 0 Å². The van der Waals surface area contributed by atoms with Gasteiger partial charge in [0.15, 0.2) is 17.3 Å². The van der Waals surface area contributed by atoms with Crippen LogP contribution in [0.3, 0.4) is 0 Å². The molecule has 1 aliphatic heterocycles. The highest BCUT2D eigenvalue weighted by atomic mass is 16.4. The van der Waals surface area contributed by atoms with Gasteiger partial charge in [-0.3, -0.25) is 4.57 Å². The lowest BCUT2D eigenvalue weighted by Gasteiger charge is -2.28. The van der Waals surface area contributed by atoms with Gasteiger partial charge in [-0.15, -0.1) is 0 Å². The van der Waals surface area contributed by atoms with Gasteiger partial charge in [0.1, 0.15) is 6.33 Å². The lowest BCUT2D eigenvalue weighted by Crippen LogP contribution is -2.31. The van der Waals surface area contributed by atoms with Crippen molar-refractivity contribution >= 4 is 11.8 Å². The van der Waals surface area contributed by atoms with Gasteiger partial charge in [-0.1, -0.05) is 0 Å². The third kappa shape index (κ3) is 2.34. The number of carboxylic acids is 1. The number of carboxylic acid groups (broad SMARTS) is 1. The van der Waals surface area contributed by atoms with Crippen molar-refractivity contribution in [2.75, 3.05) is 18.0 Å². The summed E-state index contributed by atoms with van der Waals surface area (Å²) in [5, 5.41) is 8.94. The maximum absolute atomic E-state index is 10.9. The average Bonchev–Trinajstić information content (AvgIpc) is 2.98. The summed E-state index contributed by atoms with van der Waals surface area (Å²) in [6.07, 6.45) is 9.69. The molecule has 0 unspecified atom stereocenters. The summed E-state index contributed by atoms with van der Waals surface area (Å²) in [6.45, 7) is 1.90. The molecule has 2 aromatic heterocycles. The van der Waals surface area contributed by atoms with E-state index in [9.17, 15) is 4.79 Å². The van der Waals surface area contributed by atoms with Crippen molar-refractivity contribution in [2.24, 2.45) is 0 Å². The summed E-state index contributed by atoms with van der Waals surface area (Å²) < 4.78 is 1.61. The van der Waals surface area contributed by atoms with Gasteiger partial charge in [0, 0.05) is 31.7 Å². The predicted octanol–water partition coefficient (Wildman–Crippen LogP) is 1.35. The lowest BCUT2D eigenvalue weighted by atomic mass is 10.1. The molecule has 0 bridgehead atoms. The van der Waals surface area contributed by atoms with E-state index in [1.54, 1.807) is 17.0 Å². The Balaban J connectivity index is 1.97. The number of anilines is 1. The molecule has 7 nitrogen and oxygen atoms in total. The average molecular weight is 273 g/mol. The highest BCUT2D eigenvalue weighted by molar-refractivity contribution is 5.85. The van der Waals surface area contributed by atoms with E-state index >= 15 is 0 Å². The van der Waals surface area contributed by atoms with Gasteiger partial charge in [0.2, 0.25) is 0 Å². The number of nitrogens with zero attached hydrogens (tertiary/aromatic N) is 5. The molecule has 3 rings (SSSR count). The number of rotatable bonds is 3. The number of piperidine rings is 1. The van der Waals surface area contributed by atoms with Crippen LogP contribution in [0.25, 0.3) is 5.82 Å². The summed E-state index contributed by atoms with van der Waals surface area (Å²) in [4.78, 5) is 25.7. The summed E-state index contributed by atoms with van der Waals surface area (Å²) in [6, 6.07) is 0. The SMILES string of the molecule is O=C(O)c1cn(-c2nccnc2N2CCCCC2)cn1. The zero-order chi connectivity index (χ0) is 13.9. The van der Waals surface area contributed by atoms with Crippen LogP contribution in [0.15, 0.2) is 24.9 Å². The molecule has 1 fully saturated rings. The van der Waals surface area contributed by atoms with E-state index in [2.05, 4.69) is 19.9 Å². The highest BCUT2D eigenvalue weighted by Gasteiger charge is 2.18. The largest absolute Gasteiger partial charge is 0.476 e. The minimum atomic E-state index is -1.05. The van der Waals surface area contributed by atoms with Crippen molar-refractivity contribution in [1.82, 2.24) is 19.5 Å². The van der Waals surface area contributed by atoms with Crippen molar-refractivity contribution in [1.29, 1.82) is 0 Å². The molecule has 1 aliphatic rings. The number of aromatic nitrogens is 4. The Hall–Kier alpha value is -2.44. The fourth-order valence-electron chi connectivity index (χ4n) is 2.38. The molecule has 1 N–H and O–H groups in total. The molecule has 0 atom stereocenters. The van der Waals surface area contributed by atoms with E-state index in [4.69, 9.17) is 5.11 Å². The third-order valence-electron chi connectivity index (χ3n) is 3.36. The van der Waals surface area contributed by atoms with Crippen molar-refractivity contribution < 1.29 is 9.90 Å². The first kappa shape index (κ1) is 12.6. The molecule has 0 spiro atoms. The van der Waals surface area contributed by atoms with Gasteiger partial charge < -0.3 is 10.0 Å². The molecule has 2 aromatic rings. The monoisotopic (exact) mass is 273 g/mol. The quantitative estimate of drug-likeness (QED) is 0.908. The molecular weight excluding hydrogens is 258 g/mol. The highest BCUT2D eigenvalue weighted by Crippen LogP contribution is 2.23. The minimum absolute atomic E-state index is 0.000229. The normalized spacial score (nSPS) is 15.3. The van der Waals surface area contributed by atoms with Gasteiger partial charge in [0.25, 0.3) is 0 Å². The molecule has 1 saturated heterocycles. The van der Waals surface area contributed by atoms with Crippen molar-refractivity contribution in [3.63, 3.8) is 0 Å². The Morgan fingerprint density at radius 3 is 2.40 bits per heavy atom. The van der Waals surface area contributed by atoms with Crippen LogP contribution in [0.1, 0.15) is 29.8 Å². The second-order valence-corrected chi connectivity index (χ2v) is 4.72. The fraction of sp³-hybridized carbons (Fsp3) is 0.385. The van der Waals surface area contributed by atoms with Crippen LogP contribution in [0.2, 0.25) is 0 Å². The topological polar surface area (TPSA) is 84.1 Å². The van der Waals surface area contributed by atoms with Crippen LogP contribution in [-0.4, -0.2) is 43.7 Å². The van der Waals surface area contributed by atoms with Gasteiger partial charge >= 0.3 is 5.97 Å². The Morgan fingerprint density at radius 1 is 1.05 bits per heavy atom. The van der Waals surface area contributed by atoms with Crippen LogP contribution >= 0.6 is 0 Å². The summed E-state index contributed by atoms with van der Waals surface area (Å²) in [5.74, 6) is 0.350. The molecule has 0 radical (unpaired) electrons. The second-order valence-electron chi connectivity index (χ2n) is 4.72. The van der Waals surface area contributed by atoms with Gasteiger partial charge in [0.05, 0.1) is 0 Å². The van der Waals surface area contributed by atoms with Crippen LogP contribution in [-0.2, 0) is 0 Å². The number of imidazole rings is 1. The molecule has 0 saturated carbocycles. The maximum Gasteiger partial charge on any atom is 0.356 e. The Kier molecular flexibility index (Phi) is 3.32. The molecule has 0 amide bonds. The van der Waals surface area contributed by atoms with E-state index < -0.39 is 5.97 Å². The molecule has 20 heavy (non-hydrogen) atoms. The zero-order valence-corrected chi connectivity index (χ0v) is 10.9. The van der Waals surface area contributed by atoms with Crippen LogP contribution in [0.4, 0.5) is 5.82 Å². The first-order valence-corrected chi connectivity index (χ1v) is 6.59. The number of carbonyl (C=O) groups is 1. The number of hydrogen-bond donors (Lipinski definition) is 1. The molecular formula is C13H15N5O2. The van der Waals surface area contributed by atoms with E-state index in [1.807, 2.05) is 0 Å². The third-order valence-corrected chi connectivity index (χ3v) is 3.36. The zero-order valence-electron chi connectivity index (χ0n) is 10.9. The summed E-state index contributed by atoms with van der Waals surface area (Å²) in [5.41, 5.74) is 0.000229. The van der Waals surface area contributed by atoms with Crippen LogP contribution in [0.5, 0.6) is 0 Å². The number of aromatic carboxylic acids is 1.